The number of nitrogens with zero attached hydrogens (tertiary/aromatic N) is 2. The summed E-state index contributed by atoms with van der Waals surface area (Å²) in [6, 6.07) is 24.2. The van der Waals surface area contributed by atoms with Crippen molar-refractivity contribution in [3.05, 3.63) is 90.1 Å². The molecule has 6 heteroatoms. The predicted octanol–water partition coefficient (Wildman–Crippen LogP) is 5.26. The molecule has 0 aliphatic heterocycles. The summed E-state index contributed by atoms with van der Waals surface area (Å²) in [7, 11) is -3.25. The maximum Gasteiger partial charge on any atom is 0.175 e. The molecule has 4 nitrogen and oxygen atoms in total. The number of aromatic nitrogens is 2. The molecule has 0 aliphatic rings. The minimum Gasteiger partial charge on any atom is -0.299 e. The second-order valence-corrected chi connectivity index (χ2v) is 8.91. The van der Waals surface area contributed by atoms with Gasteiger partial charge in [-0.05, 0) is 48.5 Å². The van der Waals surface area contributed by atoms with Gasteiger partial charge >= 0.3 is 0 Å². The van der Waals surface area contributed by atoms with Gasteiger partial charge < -0.3 is 0 Å². The SMILES string of the molecule is CS(=O)(=O)c1ccc(-c2nc(-c3ccccc3)cn2-c2ccc(Cl)cc2)cc1. The van der Waals surface area contributed by atoms with Gasteiger partial charge in [0.25, 0.3) is 0 Å². The third kappa shape index (κ3) is 3.72. The van der Waals surface area contributed by atoms with Gasteiger partial charge in [0.05, 0.1) is 10.6 Å². The van der Waals surface area contributed by atoms with Crippen molar-refractivity contribution in [3.8, 4) is 28.3 Å². The summed E-state index contributed by atoms with van der Waals surface area (Å²) in [6.07, 6.45) is 3.17. The van der Waals surface area contributed by atoms with Crippen LogP contribution in [0.15, 0.2) is 90.0 Å². The largest absolute Gasteiger partial charge is 0.299 e. The molecular formula is C22H17ClN2O2S. The first-order chi connectivity index (χ1) is 13.4. The zero-order valence-electron chi connectivity index (χ0n) is 15.1. The summed E-state index contributed by atoms with van der Waals surface area (Å²) in [5, 5.41) is 0.659. The van der Waals surface area contributed by atoms with Crippen LogP contribution >= 0.6 is 11.6 Å². The maximum absolute atomic E-state index is 11.8. The maximum atomic E-state index is 11.8. The Hall–Kier alpha value is -2.89. The summed E-state index contributed by atoms with van der Waals surface area (Å²) in [5.74, 6) is 0.723. The third-order valence-electron chi connectivity index (χ3n) is 4.42. The molecule has 0 fully saturated rings. The van der Waals surface area contributed by atoms with Crippen molar-refractivity contribution in [1.29, 1.82) is 0 Å². The zero-order chi connectivity index (χ0) is 19.7. The van der Waals surface area contributed by atoms with E-state index in [1.165, 1.54) is 6.26 Å². The van der Waals surface area contributed by atoms with Crippen molar-refractivity contribution in [1.82, 2.24) is 9.55 Å². The molecule has 0 spiro atoms. The standard InChI is InChI=1S/C22H17ClN2O2S/c1-28(26,27)20-13-7-17(8-14-20)22-24-21(16-5-3-2-4-6-16)15-25(22)19-11-9-18(23)10-12-19/h2-15H,1H3. The summed E-state index contributed by atoms with van der Waals surface area (Å²) >= 11 is 6.04. The Kier molecular flexibility index (Phi) is 4.79. The van der Waals surface area contributed by atoms with Gasteiger partial charge in [0, 0.05) is 34.3 Å². The van der Waals surface area contributed by atoms with Crippen LogP contribution < -0.4 is 0 Å². The van der Waals surface area contributed by atoms with Gasteiger partial charge in [-0.2, -0.15) is 0 Å². The predicted molar refractivity (Wildman–Crippen MR) is 113 cm³/mol. The van der Waals surface area contributed by atoms with E-state index >= 15 is 0 Å². The van der Waals surface area contributed by atoms with Gasteiger partial charge in [0.15, 0.2) is 9.84 Å². The molecule has 0 saturated heterocycles. The molecule has 0 bridgehead atoms. The second-order valence-electron chi connectivity index (χ2n) is 6.46. The topological polar surface area (TPSA) is 52.0 Å². The number of rotatable bonds is 4. The van der Waals surface area contributed by atoms with Crippen molar-refractivity contribution in [2.24, 2.45) is 0 Å². The van der Waals surface area contributed by atoms with Crippen LogP contribution in [0.25, 0.3) is 28.3 Å². The Balaban J connectivity index is 1.87. The molecule has 1 heterocycles. The number of hydrogen-bond donors (Lipinski definition) is 0. The average molecular weight is 409 g/mol. The second kappa shape index (κ2) is 7.26. The Morgan fingerprint density at radius 1 is 0.821 bits per heavy atom. The highest BCUT2D eigenvalue weighted by Gasteiger charge is 2.14. The molecule has 0 amide bonds. The number of benzene rings is 3. The highest BCUT2D eigenvalue weighted by atomic mass is 35.5. The minimum absolute atomic E-state index is 0.282. The molecule has 0 unspecified atom stereocenters. The number of sulfone groups is 1. The molecule has 0 aliphatic carbocycles. The van der Waals surface area contributed by atoms with Crippen LogP contribution in [0.3, 0.4) is 0 Å². The molecule has 0 atom stereocenters. The van der Waals surface area contributed by atoms with Crippen molar-refractivity contribution >= 4 is 21.4 Å². The third-order valence-corrected chi connectivity index (χ3v) is 5.80. The molecule has 28 heavy (non-hydrogen) atoms. The Labute approximate surface area is 169 Å². The summed E-state index contributed by atoms with van der Waals surface area (Å²) < 4.78 is 25.5. The molecule has 4 rings (SSSR count). The fourth-order valence-corrected chi connectivity index (χ4v) is 3.74. The summed E-state index contributed by atoms with van der Waals surface area (Å²) in [5.41, 5.74) is 3.58. The minimum atomic E-state index is -3.25. The molecule has 3 aromatic carbocycles. The van der Waals surface area contributed by atoms with Gasteiger partial charge in [-0.15, -0.1) is 0 Å². The normalized spacial score (nSPS) is 11.5. The van der Waals surface area contributed by atoms with Crippen LogP contribution in [-0.2, 0) is 9.84 Å². The van der Waals surface area contributed by atoms with E-state index in [-0.39, 0.29) is 4.90 Å². The molecule has 4 aromatic rings. The first-order valence-corrected chi connectivity index (χ1v) is 10.9. The lowest BCUT2D eigenvalue weighted by atomic mass is 10.2. The molecule has 0 radical (unpaired) electrons. The number of halogens is 1. The van der Waals surface area contributed by atoms with E-state index in [1.54, 1.807) is 24.3 Å². The van der Waals surface area contributed by atoms with Gasteiger partial charge in [-0.25, -0.2) is 13.4 Å². The fraction of sp³-hybridized carbons (Fsp3) is 0.0455. The molecule has 0 N–H and O–H groups in total. The molecular weight excluding hydrogens is 392 g/mol. The first kappa shape index (κ1) is 18.5. The van der Waals surface area contributed by atoms with Crippen LogP contribution in [-0.4, -0.2) is 24.2 Å². The van der Waals surface area contributed by atoms with Crippen LogP contribution in [0.4, 0.5) is 0 Å². The molecule has 1 aromatic heterocycles. The first-order valence-electron chi connectivity index (χ1n) is 8.63. The van der Waals surface area contributed by atoms with Crippen LogP contribution in [0, 0.1) is 0 Å². The highest BCUT2D eigenvalue weighted by Crippen LogP contribution is 2.29. The van der Waals surface area contributed by atoms with Crippen LogP contribution in [0.2, 0.25) is 5.02 Å². The van der Waals surface area contributed by atoms with Gasteiger partial charge in [-0.1, -0.05) is 41.9 Å². The van der Waals surface area contributed by atoms with Crippen molar-refractivity contribution < 1.29 is 8.42 Å². The van der Waals surface area contributed by atoms with E-state index in [2.05, 4.69) is 0 Å². The van der Waals surface area contributed by atoms with Crippen LogP contribution in [0.1, 0.15) is 0 Å². The fourth-order valence-electron chi connectivity index (χ4n) is 2.98. The van der Waals surface area contributed by atoms with Crippen molar-refractivity contribution in [2.75, 3.05) is 6.26 Å². The lowest BCUT2D eigenvalue weighted by molar-refractivity contribution is 0.602. The zero-order valence-corrected chi connectivity index (χ0v) is 16.7. The molecule has 0 saturated carbocycles. The van der Waals surface area contributed by atoms with E-state index in [4.69, 9.17) is 16.6 Å². The lowest BCUT2D eigenvalue weighted by Gasteiger charge is -2.08. The smallest absolute Gasteiger partial charge is 0.175 e. The van der Waals surface area contributed by atoms with E-state index in [0.717, 1.165) is 28.3 Å². The average Bonchev–Trinajstić information content (AvgIpc) is 3.14. The molecule has 140 valence electrons. The Bertz CT molecular complexity index is 1210. The van der Waals surface area contributed by atoms with E-state index in [9.17, 15) is 8.42 Å². The Morgan fingerprint density at radius 3 is 2.07 bits per heavy atom. The van der Waals surface area contributed by atoms with Crippen LogP contribution in [0.5, 0.6) is 0 Å². The quantitative estimate of drug-likeness (QED) is 0.462. The number of hydrogen-bond acceptors (Lipinski definition) is 3. The summed E-state index contributed by atoms with van der Waals surface area (Å²) in [6.45, 7) is 0. The van der Waals surface area contributed by atoms with Gasteiger partial charge in [-0.3, -0.25) is 4.57 Å². The van der Waals surface area contributed by atoms with Crippen molar-refractivity contribution in [2.45, 2.75) is 4.90 Å². The number of imidazole rings is 1. The highest BCUT2D eigenvalue weighted by molar-refractivity contribution is 7.90. The van der Waals surface area contributed by atoms with E-state index in [0.29, 0.717) is 5.02 Å². The van der Waals surface area contributed by atoms with Gasteiger partial charge in [0.1, 0.15) is 5.82 Å². The van der Waals surface area contributed by atoms with Crippen molar-refractivity contribution in [3.63, 3.8) is 0 Å². The van der Waals surface area contributed by atoms with Gasteiger partial charge in [0.2, 0.25) is 0 Å². The Morgan fingerprint density at radius 2 is 1.46 bits per heavy atom. The summed E-state index contributed by atoms with van der Waals surface area (Å²) in [4.78, 5) is 5.10. The van der Waals surface area contributed by atoms with E-state index in [1.807, 2.05) is 65.4 Å². The lowest BCUT2D eigenvalue weighted by Crippen LogP contribution is -1.98. The van der Waals surface area contributed by atoms with E-state index < -0.39 is 9.84 Å². The monoisotopic (exact) mass is 408 g/mol.